The molecule has 0 N–H and O–H groups in total. The van der Waals surface area contributed by atoms with Crippen LogP contribution in [0.2, 0.25) is 0 Å². The maximum absolute atomic E-state index is 4.17. The molecule has 10 heavy (non-hydrogen) atoms. The third-order valence-corrected chi connectivity index (χ3v) is 2.00. The van der Waals surface area contributed by atoms with E-state index in [1.807, 2.05) is 6.92 Å². The topological polar surface area (TPSA) is 25.2 Å². The van der Waals surface area contributed by atoms with Gasteiger partial charge in [-0.05, 0) is 19.7 Å². The molecule has 1 aromatic rings. The molecule has 1 aromatic heterocycles. The Kier molecular flexibility index (Phi) is 1.97. The van der Waals surface area contributed by atoms with Crippen molar-refractivity contribution in [1.29, 1.82) is 0 Å². The van der Waals surface area contributed by atoms with E-state index < -0.39 is 0 Å². The maximum Gasteiger partial charge on any atom is 0.142 e. The van der Waals surface area contributed by atoms with Crippen LogP contribution < -0.4 is 0 Å². The fourth-order valence-electron chi connectivity index (χ4n) is 0.679. The Morgan fingerprint density at radius 1 is 1.70 bits per heavy atom. The van der Waals surface area contributed by atoms with E-state index in [2.05, 4.69) is 23.3 Å². The summed E-state index contributed by atoms with van der Waals surface area (Å²) in [6.45, 7) is 8.97. The van der Waals surface area contributed by atoms with Gasteiger partial charge in [0.25, 0.3) is 0 Å². The Balaban J connectivity index is 3.20. The van der Waals surface area contributed by atoms with Gasteiger partial charge in [0.2, 0.25) is 0 Å². The molecule has 1 rings (SSSR count). The van der Waals surface area contributed by atoms with E-state index in [1.54, 1.807) is 6.08 Å². The average Bonchev–Trinajstić information content (AvgIpc) is 2.30. The highest BCUT2D eigenvalue weighted by Gasteiger charge is 2.01. The third-order valence-electron chi connectivity index (χ3n) is 1.08. The van der Waals surface area contributed by atoms with Crippen LogP contribution in [0.1, 0.15) is 10.7 Å². The number of rotatable bonds is 2. The zero-order valence-corrected chi connectivity index (χ0v) is 6.61. The largest absolute Gasteiger partial charge is 0.251 e. The van der Waals surface area contributed by atoms with E-state index in [0.29, 0.717) is 0 Å². The molecule has 0 fully saturated rings. The van der Waals surface area contributed by atoms with Crippen molar-refractivity contribution in [3.8, 4) is 0 Å². The quantitative estimate of drug-likeness (QED) is 0.597. The highest BCUT2D eigenvalue weighted by molar-refractivity contribution is 7.15. The summed E-state index contributed by atoms with van der Waals surface area (Å²) in [5.74, 6) is 0. The SMILES string of the molecule is C=Cc1nc(C)sc1N=C. The van der Waals surface area contributed by atoms with E-state index in [0.717, 1.165) is 15.7 Å². The van der Waals surface area contributed by atoms with E-state index >= 15 is 0 Å². The maximum atomic E-state index is 4.17. The van der Waals surface area contributed by atoms with Crippen LogP contribution in [0.4, 0.5) is 5.00 Å². The van der Waals surface area contributed by atoms with Gasteiger partial charge in [0.1, 0.15) is 5.00 Å². The fourth-order valence-corrected chi connectivity index (χ4v) is 1.40. The molecule has 0 atom stereocenters. The van der Waals surface area contributed by atoms with Crippen molar-refractivity contribution in [1.82, 2.24) is 4.98 Å². The molecule has 0 saturated carbocycles. The molecule has 0 unspecified atom stereocenters. The van der Waals surface area contributed by atoms with Crippen molar-refractivity contribution in [3.63, 3.8) is 0 Å². The lowest BCUT2D eigenvalue weighted by atomic mass is 10.4. The second-order valence-corrected chi connectivity index (χ2v) is 2.97. The van der Waals surface area contributed by atoms with Crippen molar-refractivity contribution in [2.45, 2.75) is 6.92 Å². The predicted molar refractivity (Wildman–Crippen MR) is 46.2 cm³/mol. The first-order chi connectivity index (χ1) is 4.77. The third kappa shape index (κ3) is 1.14. The van der Waals surface area contributed by atoms with Crippen molar-refractivity contribution < 1.29 is 0 Å². The van der Waals surface area contributed by atoms with Crippen LogP contribution in [0.3, 0.4) is 0 Å². The summed E-state index contributed by atoms with van der Waals surface area (Å²) >= 11 is 1.53. The molecule has 0 aromatic carbocycles. The van der Waals surface area contributed by atoms with Gasteiger partial charge in [-0.2, -0.15) is 0 Å². The Bertz CT molecular complexity index is 237. The highest BCUT2D eigenvalue weighted by Crippen LogP contribution is 2.26. The van der Waals surface area contributed by atoms with Crippen LogP contribution in [0.5, 0.6) is 0 Å². The van der Waals surface area contributed by atoms with Crippen LogP contribution in [0, 0.1) is 6.92 Å². The predicted octanol–water partition coefficient (Wildman–Crippen LogP) is 2.43. The molecule has 0 spiro atoms. The summed E-state index contributed by atoms with van der Waals surface area (Å²) in [5.41, 5.74) is 0.831. The molecule has 0 aliphatic carbocycles. The molecule has 2 nitrogen and oxygen atoms in total. The first-order valence-electron chi connectivity index (χ1n) is 2.84. The van der Waals surface area contributed by atoms with Gasteiger partial charge in [-0.25, -0.2) is 4.98 Å². The standard InChI is InChI=1S/C7H8N2S/c1-4-6-7(8-3)10-5(2)9-6/h4H,1,3H2,2H3. The monoisotopic (exact) mass is 152 g/mol. The van der Waals surface area contributed by atoms with E-state index in [1.165, 1.54) is 11.3 Å². The lowest BCUT2D eigenvalue weighted by molar-refractivity contribution is 1.27. The number of nitrogens with zero attached hydrogens (tertiary/aromatic N) is 2. The normalized spacial score (nSPS) is 9.30. The second kappa shape index (κ2) is 2.75. The average molecular weight is 152 g/mol. The molecule has 0 aliphatic rings. The number of hydrogen-bond donors (Lipinski definition) is 0. The van der Waals surface area contributed by atoms with Gasteiger partial charge in [-0.1, -0.05) is 17.9 Å². The smallest absolute Gasteiger partial charge is 0.142 e. The molecule has 0 aliphatic heterocycles. The van der Waals surface area contributed by atoms with Gasteiger partial charge < -0.3 is 0 Å². The minimum absolute atomic E-state index is 0.831. The molecular formula is C7H8N2S. The molecular weight excluding hydrogens is 144 g/mol. The van der Waals surface area contributed by atoms with Crippen LogP contribution >= 0.6 is 11.3 Å². The van der Waals surface area contributed by atoms with Crippen molar-refractivity contribution in [2.75, 3.05) is 0 Å². The number of hydrogen-bond acceptors (Lipinski definition) is 3. The minimum Gasteiger partial charge on any atom is -0.251 e. The second-order valence-electron chi connectivity index (χ2n) is 1.79. The number of aromatic nitrogens is 1. The zero-order chi connectivity index (χ0) is 7.56. The lowest BCUT2D eigenvalue weighted by Gasteiger charge is -1.82. The molecule has 3 heteroatoms. The minimum atomic E-state index is 0.831. The van der Waals surface area contributed by atoms with E-state index in [-0.39, 0.29) is 0 Å². The molecule has 0 amide bonds. The van der Waals surface area contributed by atoms with Gasteiger partial charge >= 0.3 is 0 Å². The Hall–Kier alpha value is -0.960. The van der Waals surface area contributed by atoms with Gasteiger partial charge in [-0.3, -0.25) is 4.99 Å². The van der Waals surface area contributed by atoms with Crippen molar-refractivity contribution >= 4 is 29.1 Å². The van der Waals surface area contributed by atoms with Crippen molar-refractivity contribution in [3.05, 3.63) is 17.3 Å². The molecule has 52 valence electrons. The molecule has 0 saturated heterocycles. The summed E-state index contributed by atoms with van der Waals surface area (Å²) in [7, 11) is 0. The van der Waals surface area contributed by atoms with Gasteiger partial charge in [0.05, 0.1) is 10.7 Å². The van der Waals surface area contributed by atoms with Crippen LogP contribution in [0.15, 0.2) is 11.6 Å². The van der Waals surface area contributed by atoms with Crippen molar-refractivity contribution in [2.24, 2.45) is 4.99 Å². The summed E-state index contributed by atoms with van der Waals surface area (Å²) < 4.78 is 0. The first kappa shape index (κ1) is 7.15. The number of aryl methyl sites for hydroxylation is 1. The fraction of sp³-hybridized carbons (Fsp3) is 0.143. The zero-order valence-electron chi connectivity index (χ0n) is 5.79. The van der Waals surface area contributed by atoms with Crippen LogP contribution in [-0.2, 0) is 0 Å². The van der Waals surface area contributed by atoms with Gasteiger partial charge in [0.15, 0.2) is 0 Å². The molecule has 1 heterocycles. The summed E-state index contributed by atoms with van der Waals surface area (Å²) in [6, 6.07) is 0. The molecule has 0 radical (unpaired) electrons. The first-order valence-corrected chi connectivity index (χ1v) is 3.66. The van der Waals surface area contributed by atoms with E-state index in [4.69, 9.17) is 0 Å². The lowest BCUT2D eigenvalue weighted by Crippen LogP contribution is -1.69. The Morgan fingerprint density at radius 2 is 2.40 bits per heavy atom. The van der Waals surface area contributed by atoms with Crippen LogP contribution in [0.25, 0.3) is 6.08 Å². The van der Waals surface area contributed by atoms with E-state index in [9.17, 15) is 0 Å². The number of aliphatic imine (C=N–C) groups is 1. The molecule has 0 bridgehead atoms. The highest BCUT2D eigenvalue weighted by atomic mass is 32.1. The van der Waals surface area contributed by atoms with Gasteiger partial charge in [0, 0.05) is 0 Å². The Morgan fingerprint density at radius 3 is 2.80 bits per heavy atom. The summed E-state index contributed by atoms with van der Waals surface area (Å²) in [6.07, 6.45) is 1.69. The number of thiazole rings is 1. The van der Waals surface area contributed by atoms with Crippen LogP contribution in [-0.4, -0.2) is 11.7 Å². The van der Waals surface area contributed by atoms with Gasteiger partial charge in [-0.15, -0.1) is 0 Å². The Labute approximate surface area is 64.0 Å². The summed E-state index contributed by atoms with van der Waals surface area (Å²) in [5, 5.41) is 1.85. The summed E-state index contributed by atoms with van der Waals surface area (Å²) in [4.78, 5) is 7.96.